The first-order valence-corrected chi connectivity index (χ1v) is 6.59. The zero-order chi connectivity index (χ0) is 14.2. The summed E-state index contributed by atoms with van der Waals surface area (Å²) < 4.78 is 10.2. The summed E-state index contributed by atoms with van der Waals surface area (Å²) in [7, 11) is 1.35. The van der Waals surface area contributed by atoms with Crippen molar-refractivity contribution in [1.82, 2.24) is 4.90 Å². The summed E-state index contributed by atoms with van der Waals surface area (Å²) in [6.45, 7) is 5.45. The van der Waals surface area contributed by atoms with E-state index in [1.54, 1.807) is 0 Å². The normalized spacial score (nSPS) is 29.3. The lowest BCUT2D eigenvalue weighted by molar-refractivity contribution is -0.146. The summed E-state index contributed by atoms with van der Waals surface area (Å²) in [4.78, 5) is 25.7. The molecule has 2 aliphatic rings. The van der Waals surface area contributed by atoms with E-state index in [0.717, 1.165) is 6.42 Å². The number of rotatable bonds is 1. The Kier molecular flexibility index (Phi) is 3.56. The summed E-state index contributed by atoms with van der Waals surface area (Å²) >= 11 is 0. The molecule has 0 radical (unpaired) electrons. The van der Waals surface area contributed by atoms with Crippen molar-refractivity contribution in [2.45, 2.75) is 51.3 Å². The van der Waals surface area contributed by atoms with Gasteiger partial charge >= 0.3 is 12.1 Å². The van der Waals surface area contributed by atoms with Crippen LogP contribution in [0.1, 0.15) is 33.6 Å². The van der Waals surface area contributed by atoms with Gasteiger partial charge in [0.05, 0.1) is 13.2 Å². The molecule has 3 unspecified atom stereocenters. The number of likely N-dealkylation sites (tertiary alicyclic amines) is 1. The molecule has 1 aliphatic carbocycles. The molecule has 0 bridgehead atoms. The minimum atomic E-state index is -0.571. The van der Waals surface area contributed by atoms with Crippen molar-refractivity contribution in [1.29, 1.82) is 0 Å². The van der Waals surface area contributed by atoms with Crippen molar-refractivity contribution in [2.75, 3.05) is 7.11 Å². The lowest BCUT2D eigenvalue weighted by Crippen LogP contribution is -2.47. The predicted molar refractivity (Wildman–Crippen MR) is 69.5 cm³/mol. The van der Waals surface area contributed by atoms with Crippen molar-refractivity contribution < 1.29 is 19.1 Å². The van der Waals surface area contributed by atoms with E-state index in [2.05, 4.69) is 6.08 Å². The van der Waals surface area contributed by atoms with E-state index in [-0.39, 0.29) is 12.0 Å². The number of hydrogen-bond acceptors (Lipinski definition) is 4. The molecule has 19 heavy (non-hydrogen) atoms. The number of fused-ring (bicyclic) bond motifs is 1. The maximum Gasteiger partial charge on any atom is 0.411 e. The zero-order valence-corrected chi connectivity index (χ0v) is 11.9. The molecule has 1 aliphatic heterocycles. The van der Waals surface area contributed by atoms with E-state index in [1.807, 2.05) is 26.8 Å². The van der Waals surface area contributed by atoms with Gasteiger partial charge in [-0.05, 0) is 39.5 Å². The first-order chi connectivity index (χ1) is 8.83. The standard InChI is InChI=1S/C14H21NO4/c1-14(2,3)19-13(17)15-10-7-5-6-9(10)8-11(15)12(16)18-4/h5,7,9-11H,6,8H2,1-4H3. The summed E-state index contributed by atoms with van der Waals surface area (Å²) in [5.74, 6) is -0.0646. The molecule has 1 amide bonds. The second-order valence-corrected chi connectivity index (χ2v) is 6.08. The van der Waals surface area contributed by atoms with E-state index >= 15 is 0 Å². The van der Waals surface area contributed by atoms with Crippen LogP contribution in [0, 0.1) is 5.92 Å². The van der Waals surface area contributed by atoms with E-state index in [0.29, 0.717) is 12.3 Å². The molecule has 106 valence electrons. The molecule has 1 heterocycles. The van der Waals surface area contributed by atoms with Gasteiger partial charge < -0.3 is 9.47 Å². The number of esters is 1. The van der Waals surface area contributed by atoms with Crippen molar-refractivity contribution in [3.63, 3.8) is 0 Å². The zero-order valence-electron chi connectivity index (χ0n) is 11.9. The van der Waals surface area contributed by atoms with E-state index < -0.39 is 17.7 Å². The minimum absolute atomic E-state index is 0.0426. The average molecular weight is 267 g/mol. The number of carbonyl (C=O) groups is 2. The number of amides is 1. The molecular weight excluding hydrogens is 246 g/mol. The van der Waals surface area contributed by atoms with Crippen LogP contribution in [0.2, 0.25) is 0 Å². The quantitative estimate of drug-likeness (QED) is 0.539. The highest BCUT2D eigenvalue weighted by Crippen LogP contribution is 2.38. The SMILES string of the molecule is COC(=O)C1CC2CC=CC2N1C(=O)OC(C)(C)C. The highest BCUT2D eigenvalue weighted by molar-refractivity contribution is 5.83. The van der Waals surface area contributed by atoms with Gasteiger partial charge in [-0.3, -0.25) is 4.90 Å². The van der Waals surface area contributed by atoms with Gasteiger partial charge in [0, 0.05) is 0 Å². The summed E-state index contributed by atoms with van der Waals surface area (Å²) in [5.41, 5.74) is -0.571. The fourth-order valence-corrected chi connectivity index (χ4v) is 2.76. The van der Waals surface area contributed by atoms with Crippen LogP contribution in [0.15, 0.2) is 12.2 Å². The fourth-order valence-electron chi connectivity index (χ4n) is 2.76. The number of ether oxygens (including phenoxy) is 2. The van der Waals surface area contributed by atoms with Crippen LogP contribution in [0.4, 0.5) is 4.79 Å². The molecule has 0 spiro atoms. The molecule has 1 fully saturated rings. The topological polar surface area (TPSA) is 55.8 Å². The maximum absolute atomic E-state index is 12.3. The largest absolute Gasteiger partial charge is 0.467 e. The van der Waals surface area contributed by atoms with Crippen LogP contribution in [-0.2, 0) is 14.3 Å². The maximum atomic E-state index is 12.3. The second kappa shape index (κ2) is 4.87. The smallest absolute Gasteiger partial charge is 0.411 e. The average Bonchev–Trinajstić information content (AvgIpc) is 2.84. The van der Waals surface area contributed by atoms with Gasteiger partial charge in [0.1, 0.15) is 11.6 Å². The molecule has 5 heteroatoms. The number of methoxy groups -OCH3 is 1. The molecule has 2 rings (SSSR count). The van der Waals surface area contributed by atoms with Gasteiger partial charge in [0.25, 0.3) is 0 Å². The monoisotopic (exact) mass is 267 g/mol. The van der Waals surface area contributed by atoms with Crippen LogP contribution in [0.25, 0.3) is 0 Å². The van der Waals surface area contributed by atoms with Gasteiger partial charge in [-0.2, -0.15) is 0 Å². The Labute approximate surface area is 113 Å². The number of nitrogens with zero attached hydrogens (tertiary/aromatic N) is 1. The Hall–Kier alpha value is -1.52. The third-order valence-electron chi connectivity index (χ3n) is 3.52. The van der Waals surface area contributed by atoms with Crippen molar-refractivity contribution in [2.24, 2.45) is 5.92 Å². The van der Waals surface area contributed by atoms with Crippen molar-refractivity contribution >= 4 is 12.1 Å². The molecule has 0 aromatic carbocycles. The molecule has 0 N–H and O–H groups in total. The van der Waals surface area contributed by atoms with Crippen LogP contribution < -0.4 is 0 Å². The van der Waals surface area contributed by atoms with E-state index in [9.17, 15) is 9.59 Å². The van der Waals surface area contributed by atoms with E-state index in [4.69, 9.17) is 9.47 Å². The Bertz CT molecular complexity index is 410. The molecule has 0 saturated carbocycles. The number of carbonyl (C=O) groups excluding carboxylic acids is 2. The van der Waals surface area contributed by atoms with Crippen molar-refractivity contribution in [3.05, 3.63) is 12.2 Å². The first kappa shape index (κ1) is 13.9. The molecule has 0 aromatic heterocycles. The highest BCUT2D eigenvalue weighted by Gasteiger charge is 2.48. The van der Waals surface area contributed by atoms with Crippen LogP contribution in [0.5, 0.6) is 0 Å². The van der Waals surface area contributed by atoms with Crippen molar-refractivity contribution in [3.8, 4) is 0 Å². The number of hydrogen-bond donors (Lipinski definition) is 0. The van der Waals surface area contributed by atoms with Gasteiger partial charge in [-0.1, -0.05) is 12.2 Å². The second-order valence-electron chi connectivity index (χ2n) is 6.08. The Morgan fingerprint density at radius 2 is 2.00 bits per heavy atom. The fraction of sp³-hybridized carbons (Fsp3) is 0.714. The highest BCUT2D eigenvalue weighted by atomic mass is 16.6. The lowest BCUT2D eigenvalue weighted by atomic mass is 10.0. The Morgan fingerprint density at radius 1 is 1.32 bits per heavy atom. The van der Waals surface area contributed by atoms with Crippen LogP contribution >= 0.6 is 0 Å². The van der Waals surface area contributed by atoms with E-state index in [1.165, 1.54) is 12.0 Å². The predicted octanol–water partition coefficient (Wildman–Crippen LogP) is 2.11. The third-order valence-corrected chi connectivity index (χ3v) is 3.52. The Morgan fingerprint density at radius 3 is 2.58 bits per heavy atom. The van der Waals surface area contributed by atoms with Gasteiger partial charge in [0.15, 0.2) is 0 Å². The first-order valence-electron chi connectivity index (χ1n) is 6.59. The molecular formula is C14H21NO4. The summed E-state index contributed by atoms with van der Waals surface area (Å²) in [5, 5.41) is 0. The third kappa shape index (κ3) is 2.74. The van der Waals surface area contributed by atoms with Gasteiger partial charge in [-0.25, -0.2) is 9.59 Å². The Balaban J connectivity index is 2.19. The van der Waals surface area contributed by atoms with Crippen LogP contribution in [-0.4, -0.2) is 41.8 Å². The lowest BCUT2D eigenvalue weighted by Gasteiger charge is -2.30. The molecule has 1 saturated heterocycles. The molecule has 3 atom stereocenters. The summed E-state index contributed by atoms with van der Waals surface area (Å²) in [6.07, 6.45) is 5.14. The van der Waals surface area contributed by atoms with Gasteiger partial charge in [0.2, 0.25) is 0 Å². The minimum Gasteiger partial charge on any atom is -0.467 e. The van der Waals surface area contributed by atoms with Gasteiger partial charge in [-0.15, -0.1) is 0 Å². The summed E-state index contributed by atoms with van der Waals surface area (Å²) in [6, 6.07) is -0.571. The van der Waals surface area contributed by atoms with Crippen LogP contribution in [0.3, 0.4) is 0 Å². The molecule has 5 nitrogen and oxygen atoms in total. The number of allylic oxidation sites excluding steroid dienone is 1. The molecule has 0 aromatic rings.